The van der Waals surface area contributed by atoms with Gasteiger partial charge in [0.05, 0.1) is 6.10 Å². The van der Waals surface area contributed by atoms with Crippen molar-refractivity contribution in [1.29, 1.82) is 0 Å². The van der Waals surface area contributed by atoms with Crippen LogP contribution in [0.25, 0.3) is 0 Å². The van der Waals surface area contributed by atoms with E-state index in [1.54, 1.807) is 0 Å². The van der Waals surface area contributed by atoms with Crippen molar-refractivity contribution in [3.8, 4) is 0 Å². The average Bonchev–Trinajstić information content (AvgIpc) is 3.04. The van der Waals surface area contributed by atoms with E-state index in [2.05, 4.69) is 55.0 Å². The van der Waals surface area contributed by atoms with E-state index < -0.39 is 0 Å². The minimum absolute atomic E-state index is 0.0632. The Kier molecular flexibility index (Phi) is 4.82. The molecule has 1 nitrogen and oxygen atoms in total. The molecule has 5 aliphatic carbocycles. The third-order valence-electron chi connectivity index (χ3n) is 13.5. The summed E-state index contributed by atoms with van der Waals surface area (Å²) in [6, 6.07) is 0. The van der Waals surface area contributed by atoms with E-state index in [0.29, 0.717) is 27.6 Å². The van der Waals surface area contributed by atoms with Crippen molar-refractivity contribution < 1.29 is 5.11 Å². The maximum Gasteiger partial charge on any atom is 0.0594 e. The summed E-state index contributed by atoms with van der Waals surface area (Å²) in [6.45, 7) is 22.3. The van der Waals surface area contributed by atoms with Gasteiger partial charge < -0.3 is 5.11 Å². The van der Waals surface area contributed by atoms with Crippen LogP contribution in [0.15, 0.2) is 12.2 Å². The molecule has 5 saturated carbocycles. The highest BCUT2D eigenvalue weighted by atomic mass is 16.3. The van der Waals surface area contributed by atoms with E-state index in [4.69, 9.17) is 0 Å². The van der Waals surface area contributed by atoms with Crippen LogP contribution in [0.4, 0.5) is 0 Å². The molecule has 0 saturated heterocycles. The number of fused-ring (bicyclic) bond motifs is 7. The SMILES string of the molecule is C=C(C)[C@H]1CC[C@]2(C)CC[C@]3(C)C(CC[C@@H]4[C@@]5(C)CC[C@@H](O)C(C)(C)C5CC[C@]43C)[C@@H]12. The highest BCUT2D eigenvalue weighted by Crippen LogP contribution is 2.77. The zero-order valence-electron chi connectivity index (χ0n) is 21.7. The molecule has 0 amide bonds. The first-order chi connectivity index (χ1) is 14.3. The molecule has 5 fully saturated rings. The van der Waals surface area contributed by atoms with E-state index in [1.807, 2.05) is 0 Å². The molecule has 0 aliphatic heterocycles. The van der Waals surface area contributed by atoms with Gasteiger partial charge >= 0.3 is 0 Å². The lowest BCUT2D eigenvalue weighted by Crippen LogP contribution is -2.66. The summed E-state index contributed by atoms with van der Waals surface area (Å²) in [5.74, 6) is 3.98. The summed E-state index contributed by atoms with van der Waals surface area (Å²) in [5, 5.41) is 10.9. The van der Waals surface area contributed by atoms with Crippen molar-refractivity contribution in [2.45, 2.75) is 119 Å². The van der Waals surface area contributed by atoms with Gasteiger partial charge in [0.15, 0.2) is 0 Å². The third-order valence-corrected chi connectivity index (χ3v) is 13.5. The largest absolute Gasteiger partial charge is 0.393 e. The first-order valence-corrected chi connectivity index (χ1v) is 13.6. The number of allylic oxidation sites excluding steroid dienone is 1. The monoisotopic (exact) mass is 426 g/mol. The molecule has 31 heavy (non-hydrogen) atoms. The predicted octanol–water partition coefficient (Wildman–Crippen LogP) is 8.02. The van der Waals surface area contributed by atoms with Gasteiger partial charge in [0, 0.05) is 0 Å². The Hall–Kier alpha value is -0.300. The van der Waals surface area contributed by atoms with Gasteiger partial charge in [-0.25, -0.2) is 0 Å². The summed E-state index contributed by atoms with van der Waals surface area (Å²) >= 11 is 0. The van der Waals surface area contributed by atoms with Gasteiger partial charge in [0.25, 0.3) is 0 Å². The van der Waals surface area contributed by atoms with Crippen LogP contribution in [0.2, 0.25) is 0 Å². The molecule has 0 heterocycles. The number of hydrogen-bond acceptors (Lipinski definition) is 1. The lowest BCUT2D eigenvalue weighted by molar-refractivity contribution is -0.246. The average molecular weight is 427 g/mol. The normalized spacial score (nSPS) is 57.9. The van der Waals surface area contributed by atoms with Crippen LogP contribution in [-0.4, -0.2) is 11.2 Å². The number of aliphatic hydroxyl groups excluding tert-OH is 1. The van der Waals surface area contributed by atoms with Crippen molar-refractivity contribution in [1.82, 2.24) is 0 Å². The summed E-state index contributed by atoms with van der Waals surface area (Å²) in [7, 11) is 0. The Bertz CT molecular complexity index is 766. The van der Waals surface area contributed by atoms with Gasteiger partial charge in [-0.2, -0.15) is 0 Å². The summed E-state index contributed by atoms with van der Waals surface area (Å²) in [4.78, 5) is 0. The molecule has 0 spiro atoms. The molecular formula is C30H50O. The molecule has 5 rings (SSSR count). The highest BCUT2D eigenvalue weighted by Gasteiger charge is 2.70. The van der Waals surface area contributed by atoms with E-state index in [0.717, 1.165) is 30.1 Å². The molecule has 1 heteroatoms. The van der Waals surface area contributed by atoms with E-state index >= 15 is 0 Å². The van der Waals surface area contributed by atoms with Gasteiger partial charge in [0.2, 0.25) is 0 Å². The van der Waals surface area contributed by atoms with Crippen molar-refractivity contribution in [2.24, 2.45) is 56.7 Å². The molecule has 5 aliphatic rings. The smallest absolute Gasteiger partial charge is 0.0594 e. The highest BCUT2D eigenvalue weighted by molar-refractivity contribution is 5.21. The lowest BCUT2D eigenvalue weighted by Gasteiger charge is -2.73. The molecular weight excluding hydrogens is 376 g/mol. The standard InChI is InChI=1S/C30H50O/c1-19(2)20-11-14-27(5)17-18-29(7)21(25(20)27)9-10-23-28(6)15-13-24(31)26(3,4)22(28)12-16-30(23,29)8/h20-25,31H,1,9-18H2,2-8H3/t20-,21?,22?,23-,24-,25-,27-,28+,29-,30-/m1/s1. The molecule has 0 aromatic carbocycles. The van der Waals surface area contributed by atoms with Crippen LogP contribution >= 0.6 is 0 Å². The maximum atomic E-state index is 10.9. The molecule has 0 radical (unpaired) electrons. The molecule has 0 aromatic heterocycles. The fourth-order valence-corrected chi connectivity index (χ4v) is 11.5. The third kappa shape index (κ3) is 2.65. The van der Waals surface area contributed by atoms with Crippen LogP contribution in [0.5, 0.6) is 0 Å². The summed E-state index contributed by atoms with van der Waals surface area (Å²) < 4.78 is 0. The zero-order chi connectivity index (χ0) is 22.6. The van der Waals surface area contributed by atoms with E-state index in [1.165, 1.54) is 63.4 Å². The second-order valence-electron chi connectivity index (χ2n) is 14.7. The first-order valence-electron chi connectivity index (χ1n) is 13.6. The van der Waals surface area contributed by atoms with Crippen LogP contribution in [-0.2, 0) is 0 Å². The second kappa shape index (κ2) is 6.64. The molecule has 0 aromatic rings. The minimum Gasteiger partial charge on any atom is -0.393 e. The van der Waals surface area contributed by atoms with Gasteiger partial charge in [-0.05, 0) is 128 Å². The first kappa shape index (κ1) is 22.5. The van der Waals surface area contributed by atoms with Crippen molar-refractivity contribution >= 4 is 0 Å². The van der Waals surface area contributed by atoms with Gasteiger partial charge in [-0.3, -0.25) is 0 Å². The Morgan fingerprint density at radius 2 is 1.45 bits per heavy atom. The summed E-state index contributed by atoms with van der Waals surface area (Å²) in [5.41, 5.74) is 3.38. The van der Waals surface area contributed by atoms with Gasteiger partial charge in [0.1, 0.15) is 0 Å². The quantitative estimate of drug-likeness (QED) is 0.421. The van der Waals surface area contributed by atoms with Gasteiger partial charge in [-0.1, -0.05) is 53.7 Å². The summed E-state index contributed by atoms with van der Waals surface area (Å²) in [6.07, 6.45) is 13.4. The van der Waals surface area contributed by atoms with Crippen LogP contribution in [0, 0.1) is 56.7 Å². The van der Waals surface area contributed by atoms with E-state index in [9.17, 15) is 5.11 Å². The van der Waals surface area contributed by atoms with E-state index in [-0.39, 0.29) is 11.5 Å². The van der Waals surface area contributed by atoms with Crippen LogP contribution in [0.3, 0.4) is 0 Å². The predicted molar refractivity (Wildman–Crippen MR) is 131 cm³/mol. The fourth-order valence-electron chi connectivity index (χ4n) is 11.5. The number of rotatable bonds is 1. The fraction of sp³-hybridized carbons (Fsp3) is 0.933. The maximum absolute atomic E-state index is 10.9. The Labute approximate surface area is 192 Å². The Balaban J connectivity index is 1.54. The van der Waals surface area contributed by atoms with Crippen LogP contribution in [0.1, 0.15) is 113 Å². The van der Waals surface area contributed by atoms with Crippen molar-refractivity contribution in [3.63, 3.8) is 0 Å². The zero-order valence-corrected chi connectivity index (χ0v) is 21.7. The molecule has 10 atom stereocenters. The molecule has 2 unspecified atom stereocenters. The Morgan fingerprint density at radius 1 is 0.742 bits per heavy atom. The van der Waals surface area contributed by atoms with Crippen molar-refractivity contribution in [2.75, 3.05) is 0 Å². The lowest BCUT2D eigenvalue weighted by atomic mass is 9.32. The Morgan fingerprint density at radius 3 is 2.13 bits per heavy atom. The minimum atomic E-state index is -0.118. The molecule has 0 bridgehead atoms. The number of hydrogen-bond donors (Lipinski definition) is 1. The topological polar surface area (TPSA) is 20.2 Å². The van der Waals surface area contributed by atoms with Crippen molar-refractivity contribution in [3.05, 3.63) is 12.2 Å². The van der Waals surface area contributed by atoms with Gasteiger partial charge in [-0.15, -0.1) is 0 Å². The molecule has 1 N–H and O–H groups in total. The second-order valence-corrected chi connectivity index (χ2v) is 14.7. The number of aliphatic hydroxyl groups is 1. The van der Waals surface area contributed by atoms with Crippen LogP contribution < -0.4 is 0 Å². The molecule has 176 valence electrons.